The Bertz CT molecular complexity index is 608. The lowest BCUT2D eigenvalue weighted by molar-refractivity contribution is 0.125. The van der Waals surface area contributed by atoms with E-state index in [0.29, 0.717) is 31.5 Å². The third-order valence-electron chi connectivity index (χ3n) is 4.19. The minimum atomic E-state index is -0.444. The van der Waals surface area contributed by atoms with E-state index in [1.165, 1.54) is 0 Å². The summed E-state index contributed by atoms with van der Waals surface area (Å²) in [5, 5.41) is 14.3. The predicted molar refractivity (Wildman–Crippen MR) is 78.5 cm³/mol. The van der Waals surface area contributed by atoms with E-state index in [1.54, 1.807) is 6.26 Å². The molecule has 3 heterocycles. The number of aromatic nitrogens is 2. The Morgan fingerprint density at radius 1 is 1.27 bits per heavy atom. The van der Waals surface area contributed by atoms with Crippen LogP contribution in [-0.4, -0.2) is 52.4 Å². The van der Waals surface area contributed by atoms with Crippen LogP contribution in [0.5, 0.6) is 0 Å². The van der Waals surface area contributed by atoms with Crippen molar-refractivity contribution in [2.45, 2.75) is 31.4 Å². The molecule has 7 nitrogen and oxygen atoms in total. The highest BCUT2D eigenvalue weighted by Gasteiger charge is 2.31. The van der Waals surface area contributed by atoms with Crippen LogP contribution < -0.4 is 4.90 Å². The second-order valence-electron chi connectivity index (χ2n) is 6.12. The fourth-order valence-corrected chi connectivity index (χ4v) is 2.85. The van der Waals surface area contributed by atoms with E-state index in [-0.39, 0.29) is 0 Å². The number of hydrogen-bond donors (Lipinski definition) is 1. The molecule has 4 rings (SSSR count). The summed E-state index contributed by atoms with van der Waals surface area (Å²) in [5.74, 6) is 2.70. The van der Waals surface area contributed by atoms with Gasteiger partial charge in [0.05, 0.1) is 18.9 Å². The van der Waals surface area contributed by atoms with Crippen molar-refractivity contribution in [2.24, 2.45) is 0 Å². The normalized spacial score (nSPS) is 23.7. The van der Waals surface area contributed by atoms with Crippen LogP contribution in [0.2, 0.25) is 0 Å². The predicted octanol–water partition coefficient (Wildman–Crippen LogP) is 1.22. The fraction of sp³-hybridized carbons (Fsp3) is 0.600. The van der Waals surface area contributed by atoms with Crippen LogP contribution >= 0.6 is 0 Å². The lowest BCUT2D eigenvalue weighted by Gasteiger charge is -2.19. The first kappa shape index (κ1) is 13.8. The molecule has 0 amide bonds. The first-order valence-corrected chi connectivity index (χ1v) is 7.79. The Balaban J connectivity index is 1.42. The van der Waals surface area contributed by atoms with E-state index in [9.17, 15) is 5.11 Å². The van der Waals surface area contributed by atoms with Gasteiger partial charge in [-0.1, -0.05) is 0 Å². The number of aliphatic hydroxyl groups excluding tert-OH is 1. The monoisotopic (exact) mass is 304 g/mol. The molecule has 0 aromatic carbocycles. The van der Waals surface area contributed by atoms with Crippen molar-refractivity contribution < 1.29 is 14.0 Å². The SMILES string of the molecule is O[C@H]1CN(Cc2ccco2)CCN(c2noc(C3CC3)n2)C1. The molecule has 1 aliphatic heterocycles. The molecule has 7 heteroatoms. The van der Waals surface area contributed by atoms with E-state index in [4.69, 9.17) is 8.94 Å². The molecule has 0 spiro atoms. The van der Waals surface area contributed by atoms with Crippen molar-refractivity contribution in [1.29, 1.82) is 0 Å². The molecule has 0 unspecified atom stereocenters. The number of rotatable bonds is 4. The average molecular weight is 304 g/mol. The van der Waals surface area contributed by atoms with Crippen molar-refractivity contribution >= 4 is 5.95 Å². The van der Waals surface area contributed by atoms with Gasteiger partial charge in [0.2, 0.25) is 5.89 Å². The Hall–Kier alpha value is -1.86. The summed E-state index contributed by atoms with van der Waals surface area (Å²) in [5.41, 5.74) is 0. The molecule has 2 aromatic heterocycles. The number of nitrogens with zero attached hydrogens (tertiary/aromatic N) is 4. The molecule has 2 fully saturated rings. The minimum absolute atomic E-state index is 0.444. The van der Waals surface area contributed by atoms with E-state index in [2.05, 4.69) is 15.0 Å². The maximum atomic E-state index is 10.2. The Morgan fingerprint density at radius 3 is 2.95 bits per heavy atom. The summed E-state index contributed by atoms with van der Waals surface area (Å²) in [6, 6.07) is 3.84. The van der Waals surface area contributed by atoms with Gasteiger partial charge in [0, 0.05) is 32.1 Å². The Morgan fingerprint density at radius 2 is 2.18 bits per heavy atom. The fourth-order valence-electron chi connectivity index (χ4n) is 2.85. The molecule has 1 aliphatic carbocycles. The molecule has 1 atom stereocenters. The summed E-state index contributed by atoms with van der Waals surface area (Å²) in [7, 11) is 0. The summed E-state index contributed by atoms with van der Waals surface area (Å²) in [6.07, 6.45) is 3.51. The largest absolute Gasteiger partial charge is 0.468 e. The van der Waals surface area contributed by atoms with Crippen molar-refractivity contribution in [1.82, 2.24) is 15.0 Å². The molecule has 1 N–H and O–H groups in total. The lowest BCUT2D eigenvalue weighted by atomic mass is 10.3. The maximum absolute atomic E-state index is 10.2. The molecule has 2 aliphatic rings. The zero-order chi connectivity index (χ0) is 14.9. The average Bonchev–Trinajstić information content (AvgIpc) is 3.07. The standard InChI is InChI=1S/C15H20N4O3/c20-12-8-18(10-13-2-1-7-21-13)5-6-19(9-12)15-16-14(22-17-15)11-3-4-11/h1-2,7,11-12,20H,3-6,8-10H2/t12-/m0/s1. The summed E-state index contributed by atoms with van der Waals surface area (Å²) in [4.78, 5) is 8.66. The number of aliphatic hydroxyl groups is 1. The molecule has 0 radical (unpaired) electrons. The minimum Gasteiger partial charge on any atom is -0.468 e. The van der Waals surface area contributed by atoms with Crippen molar-refractivity contribution in [2.75, 3.05) is 31.1 Å². The number of β-amino-alcohol motifs (C(OH)–C–C–N with tert-alkyl or cyclic N) is 1. The molecular weight excluding hydrogens is 284 g/mol. The van der Waals surface area contributed by atoms with Crippen LogP contribution in [0.1, 0.15) is 30.4 Å². The van der Waals surface area contributed by atoms with E-state index >= 15 is 0 Å². The van der Waals surface area contributed by atoms with Crippen LogP contribution in [0.4, 0.5) is 5.95 Å². The van der Waals surface area contributed by atoms with Gasteiger partial charge in [0.25, 0.3) is 5.95 Å². The first-order valence-electron chi connectivity index (χ1n) is 7.79. The molecule has 22 heavy (non-hydrogen) atoms. The molecule has 1 saturated carbocycles. The van der Waals surface area contributed by atoms with Gasteiger partial charge in [0.1, 0.15) is 5.76 Å². The smallest absolute Gasteiger partial charge is 0.266 e. The Kier molecular flexibility index (Phi) is 3.59. The second kappa shape index (κ2) is 5.73. The first-order chi connectivity index (χ1) is 10.8. The van der Waals surface area contributed by atoms with E-state index in [1.807, 2.05) is 17.0 Å². The quantitative estimate of drug-likeness (QED) is 0.910. The number of anilines is 1. The topological polar surface area (TPSA) is 78.8 Å². The van der Waals surface area contributed by atoms with Gasteiger partial charge >= 0.3 is 0 Å². The third kappa shape index (κ3) is 3.00. The van der Waals surface area contributed by atoms with Crippen LogP contribution in [0.25, 0.3) is 0 Å². The molecule has 2 aromatic rings. The van der Waals surface area contributed by atoms with Gasteiger partial charge in [-0.25, -0.2) is 0 Å². The summed E-state index contributed by atoms with van der Waals surface area (Å²) >= 11 is 0. The molecular formula is C15H20N4O3. The van der Waals surface area contributed by atoms with Gasteiger partial charge in [-0.05, 0) is 30.1 Å². The zero-order valence-electron chi connectivity index (χ0n) is 12.4. The highest BCUT2D eigenvalue weighted by atomic mass is 16.5. The van der Waals surface area contributed by atoms with Crippen molar-refractivity contribution in [3.05, 3.63) is 30.0 Å². The van der Waals surface area contributed by atoms with Crippen LogP contribution in [-0.2, 0) is 6.54 Å². The van der Waals surface area contributed by atoms with Gasteiger partial charge in [-0.3, -0.25) is 4.90 Å². The molecule has 118 valence electrons. The number of furan rings is 1. The van der Waals surface area contributed by atoms with Gasteiger partial charge in [-0.2, -0.15) is 4.98 Å². The number of hydrogen-bond acceptors (Lipinski definition) is 7. The van der Waals surface area contributed by atoms with Crippen LogP contribution in [0, 0.1) is 0 Å². The maximum Gasteiger partial charge on any atom is 0.266 e. The molecule has 1 saturated heterocycles. The second-order valence-corrected chi connectivity index (χ2v) is 6.12. The molecule has 0 bridgehead atoms. The van der Waals surface area contributed by atoms with E-state index in [0.717, 1.165) is 37.6 Å². The van der Waals surface area contributed by atoms with Gasteiger partial charge in [0.15, 0.2) is 0 Å². The van der Waals surface area contributed by atoms with E-state index < -0.39 is 6.10 Å². The van der Waals surface area contributed by atoms with Crippen LogP contribution in [0.15, 0.2) is 27.3 Å². The highest BCUT2D eigenvalue weighted by molar-refractivity contribution is 5.29. The third-order valence-corrected chi connectivity index (χ3v) is 4.19. The van der Waals surface area contributed by atoms with Gasteiger partial charge < -0.3 is 18.9 Å². The van der Waals surface area contributed by atoms with Gasteiger partial charge in [-0.15, -0.1) is 0 Å². The van der Waals surface area contributed by atoms with Crippen molar-refractivity contribution in [3.63, 3.8) is 0 Å². The zero-order valence-corrected chi connectivity index (χ0v) is 12.4. The highest BCUT2D eigenvalue weighted by Crippen LogP contribution is 2.39. The van der Waals surface area contributed by atoms with Crippen LogP contribution in [0.3, 0.4) is 0 Å². The van der Waals surface area contributed by atoms with Crippen molar-refractivity contribution in [3.8, 4) is 0 Å². The Labute approximate surface area is 128 Å². The summed E-state index contributed by atoms with van der Waals surface area (Å²) in [6.45, 7) is 3.44. The lowest BCUT2D eigenvalue weighted by Crippen LogP contribution is -2.33. The summed E-state index contributed by atoms with van der Waals surface area (Å²) < 4.78 is 10.7.